The number of rotatable bonds is 5. The minimum Gasteiger partial charge on any atom is -0.343 e. The van der Waals surface area contributed by atoms with Crippen molar-refractivity contribution in [1.29, 1.82) is 0 Å². The Morgan fingerprint density at radius 1 is 1.19 bits per heavy atom. The molecule has 0 aromatic carbocycles. The van der Waals surface area contributed by atoms with Crippen LogP contribution in [0.2, 0.25) is 0 Å². The molecule has 3 heterocycles. The van der Waals surface area contributed by atoms with Crippen LogP contribution in [0.3, 0.4) is 0 Å². The van der Waals surface area contributed by atoms with Crippen LogP contribution >= 0.6 is 0 Å². The summed E-state index contributed by atoms with van der Waals surface area (Å²) in [5.74, 6) is 0.454. The molecule has 2 fully saturated rings. The first kappa shape index (κ1) is 18.9. The first-order valence-electron chi connectivity index (χ1n) is 9.91. The fourth-order valence-corrected chi connectivity index (χ4v) is 4.32. The van der Waals surface area contributed by atoms with Crippen molar-refractivity contribution in [2.75, 3.05) is 39.3 Å². The third-order valence-electron chi connectivity index (χ3n) is 5.98. The van der Waals surface area contributed by atoms with Gasteiger partial charge in [-0.3, -0.25) is 14.3 Å². The van der Waals surface area contributed by atoms with Gasteiger partial charge in [-0.1, -0.05) is 0 Å². The molecule has 0 aliphatic carbocycles. The molecule has 2 saturated heterocycles. The van der Waals surface area contributed by atoms with Crippen LogP contribution in [0.15, 0.2) is 18.5 Å². The predicted octanol–water partition coefficient (Wildman–Crippen LogP) is 1.07. The second-order valence-electron chi connectivity index (χ2n) is 7.31. The Morgan fingerprint density at radius 3 is 2.38 bits per heavy atom. The van der Waals surface area contributed by atoms with E-state index in [4.69, 9.17) is 0 Å². The average molecular weight is 361 g/mol. The number of nitrogens with one attached hydrogen (secondary N) is 1. The van der Waals surface area contributed by atoms with Gasteiger partial charge in [0.2, 0.25) is 5.91 Å². The maximum atomic E-state index is 13.4. The van der Waals surface area contributed by atoms with E-state index in [0.717, 1.165) is 51.9 Å². The first-order valence-corrected chi connectivity index (χ1v) is 9.91. The molecular formula is C19H31N5O2. The summed E-state index contributed by atoms with van der Waals surface area (Å²) in [6.45, 7) is 8.51. The Morgan fingerprint density at radius 2 is 1.85 bits per heavy atom. The van der Waals surface area contributed by atoms with Crippen molar-refractivity contribution >= 4 is 11.8 Å². The molecule has 0 unspecified atom stereocenters. The van der Waals surface area contributed by atoms with Crippen LogP contribution in [-0.4, -0.2) is 70.7 Å². The average Bonchev–Trinajstić information content (AvgIpc) is 3.24. The monoisotopic (exact) mass is 361 g/mol. The van der Waals surface area contributed by atoms with Crippen LogP contribution in [0.1, 0.15) is 39.5 Å². The second kappa shape index (κ2) is 8.20. The van der Waals surface area contributed by atoms with Gasteiger partial charge in [0.15, 0.2) is 0 Å². The Kier molecular flexibility index (Phi) is 5.96. The lowest BCUT2D eigenvalue weighted by molar-refractivity contribution is -0.147. The van der Waals surface area contributed by atoms with Crippen LogP contribution in [0, 0.1) is 5.92 Å². The predicted molar refractivity (Wildman–Crippen MR) is 99.5 cm³/mol. The molecule has 26 heavy (non-hydrogen) atoms. The fourth-order valence-electron chi connectivity index (χ4n) is 4.32. The topological polar surface area (TPSA) is 70.5 Å². The van der Waals surface area contributed by atoms with E-state index in [-0.39, 0.29) is 17.7 Å². The summed E-state index contributed by atoms with van der Waals surface area (Å²) >= 11 is 0. The van der Waals surface area contributed by atoms with Gasteiger partial charge < -0.3 is 15.1 Å². The van der Waals surface area contributed by atoms with E-state index in [2.05, 4.69) is 10.4 Å². The zero-order valence-corrected chi connectivity index (χ0v) is 16.0. The lowest BCUT2D eigenvalue weighted by Crippen LogP contribution is -2.57. The Bertz CT molecular complexity index is 597. The molecule has 1 aromatic rings. The van der Waals surface area contributed by atoms with Gasteiger partial charge in [-0.15, -0.1) is 0 Å². The van der Waals surface area contributed by atoms with Crippen LogP contribution in [0.25, 0.3) is 0 Å². The van der Waals surface area contributed by atoms with Crippen molar-refractivity contribution < 1.29 is 9.59 Å². The number of hydrogen-bond donors (Lipinski definition) is 1. The standard InChI is InChI=1S/C19H31N5O2/c1-3-22(4-2)17(25)16-6-14-23(15-7-16)18(26)19(8-11-20-12-9-19)24-13-5-10-21-24/h5,10,13,16,20H,3-4,6-9,11-12,14-15H2,1-2H3. The molecule has 2 amide bonds. The van der Waals surface area contributed by atoms with Crippen molar-refractivity contribution in [3.05, 3.63) is 18.5 Å². The van der Waals surface area contributed by atoms with Crippen molar-refractivity contribution in [2.24, 2.45) is 5.92 Å². The molecule has 7 heteroatoms. The normalized spacial score (nSPS) is 20.8. The molecule has 7 nitrogen and oxygen atoms in total. The number of hydrogen-bond acceptors (Lipinski definition) is 4. The fraction of sp³-hybridized carbons (Fsp3) is 0.737. The van der Waals surface area contributed by atoms with E-state index in [1.54, 1.807) is 6.20 Å². The zero-order valence-electron chi connectivity index (χ0n) is 16.0. The minimum atomic E-state index is -0.579. The van der Waals surface area contributed by atoms with Crippen molar-refractivity contribution in [1.82, 2.24) is 24.9 Å². The van der Waals surface area contributed by atoms with Gasteiger partial charge in [0, 0.05) is 44.5 Å². The molecule has 1 N–H and O–H groups in total. The molecule has 0 spiro atoms. The Hall–Kier alpha value is -1.89. The number of nitrogens with zero attached hydrogens (tertiary/aromatic N) is 4. The highest BCUT2D eigenvalue weighted by molar-refractivity contribution is 5.85. The molecule has 0 saturated carbocycles. The van der Waals surface area contributed by atoms with Crippen LogP contribution < -0.4 is 5.32 Å². The summed E-state index contributed by atoms with van der Waals surface area (Å²) in [4.78, 5) is 29.9. The van der Waals surface area contributed by atoms with Gasteiger partial charge in [0.1, 0.15) is 5.54 Å². The maximum absolute atomic E-state index is 13.4. The molecular weight excluding hydrogens is 330 g/mol. The summed E-state index contributed by atoms with van der Waals surface area (Å²) in [6.07, 6.45) is 6.67. The lowest BCUT2D eigenvalue weighted by atomic mass is 9.85. The molecule has 2 aliphatic heterocycles. The summed E-state index contributed by atoms with van der Waals surface area (Å²) in [5.41, 5.74) is -0.579. The highest BCUT2D eigenvalue weighted by Crippen LogP contribution is 2.31. The highest BCUT2D eigenvalue weighted by Gasteiger charge is 2.45. The van der Waals surface area contributed by atoms with E-state index in [1.807, 2.05) is 40.6 Å². The SMILES string of the molecule is CCN(CC)C(=O)C1CCN(C(=O)C2(n3cccn3)CCNCC2)CC1. The molecule has 2 aliphatic rings. The molecule has 1 aromatic heterocycles. The van der Waals surface area contributed by atoms with Gasteiger partial charge in [0.25, 0.3) is 5.91 Å². The van der Waals surface area contributed by atoms with Crippen molar-refractivity contribution in [3.8, 4) is 0 Å². The molecule has 3 rings (SSSR count). The summed E-state index contributed by atoms with van der Waals surface area (Å²) < 4.78 is 1.85. The van der Waals surface area contributed by atoms with Gasteiger partial charge in [-0.05, 0) is 58.7 Å². The number of carbonyl (C=O) groups is 2. The quantitative estimate of drug-likeness (QED) is 0.852. The van der Waals surface area contributed by atoms with E-state index < -0.39 is 5.54 Å². The molecule has 0 bridgehead atoms. The summed E-state index contributed by atoms with van der Waals surface area (Å²) in [7, 11) is 0. The van der Waals surface area contributed by atoms with Gasteiger partial charge >= 0.3 is 0 Å². The van der Waals surface area contributed by atoms with E-state index in [0.29, 0.717) is 13.1 Å². The van der Waals surface area contributed by atoms with Gasteiger partial charge in [-0.2, -0.15) is 5.10 Å². The lowest BCUT2D eigenvalue weighted by Gasteiger charge is -2.42. The largest absolute Gasteiger partial charge is 0.343 e. The highest BCUT2D eigenvalue weighted by atomic mass is 16.2. The first-order chi connectivity index (χ1) is 12.6. The van der Waals surface area contributed by atoms with Crippen molar-refractivity contribution in [3.63, 3.8) is 0 Å². The third kappa shape index (κ3) is 3.49. The number of amides is 2. The number of aromatic nitrogens is 2. The Balaban J connectivity index is 1.68. The third-order valence-corrected chi connectivity index (χ3v) is 5.98. The Labute approximate surface area is 155 Å². The second-order valence-corrected chi connectivity index (χ2v) is 7.31. The van der Waals surface area contributed by atoms with Gasteiger partial charge in [0.05, 0.1) is 0 Å². The zero-order chi connectivity index (χ0) is 18.6. The number of carbonyl (C=O) groups excluding carboxylic acids is 2. The van der Waals surface area contributed by atoms with Crippen LogP contribution in [0.4, 0.5) is 0 Å². The van der Waals surface area contributed by atoms with Gasteiger partial charge in [-0.25, -0.2) is 0 Å². The minimum absolute atomic E-state index is 0.0487. The summed E-state index contributed by atoms with van der Waals surface area (Å²) in [6, 6.07) is 1.88. The summed E-state index contributed by atoms with van der Waals surface area (Å²) in [5, 5.41) is 7.74. The maximum Gasteiger partial charge on any atom is 0.250 e. The smallest absolute Gasteiger partial charge is 0.250 e. The molecule has 144 valence electrons. The number of likely N-dealkylation sites (tertiary alicyclic amines) is 1. The molecule has 0 radical (unpaired) electrons. The van der Waals surface area contributed by atoms with Crippen molar-refractivity contribution in [2.45, 2.75) is 45.1 Å². The van der Waals surface area contributed by atoms with E-state index >= 15 is 0 Å². The molecule has 0 atom stereocenters. The van der Waals surface area contributed by atoms with E-state index in [9.17, 15) is 9.59 Å². The van der Waals surface area contributed by atoms with Crippen LogP contribution in [-0.2, 0) is 15.1 Å². The van der Waals surface area contributed by atoms with E-state index in [1.165, 1.54) is 0 Å². The van der Waals surface area contributed by atoms with Crippen LogP contribution in [0.5, 0.6) is 0 Å². The number of piperidine rings is 2.